The van der Waals surface area contributed by atoms with E-state index < -0.39 is 0 Å². The normalized spacial score (nSPS) is 10.2. The highest BCUT2D eigenvalue weighted by molar-refractivity contribution is 14.1. The van der Waals surface area contributed by atoms with Crippen LogP contribution >= 0.6 is 22.6 Å². The zero-order valence-electron chi connectivity index (χ0n) is 7.05. The number of benzene rings is 1. The van der Waals surface area contributed by atoms with Crippen molar-refractivity contribution in [3.8, 4) is 0 Å². The number of aliphatic hydroxyl groups excluding tert-OH is 1. The Morgan fingerprint density at radius 1 is 1.42 bits per heavy atom. The van der Waals surface area contributed by atoms with Crippen molar-refractivity contribution in [2.45, 2.75) is 19.8 Å². The van der Waals surface area contributed by atoms with E-state index in [1.165, 1.54) is 9.13 Å². The molecule has 0 spiro atoms. The summed E-state index contributed by atoms with van der Waals surface area (Å²) in [6, 6.07) is 6.13. The molecule has 12 heavy (non-hydrogen) atoms. The van der Waals surface area contributed by atoms with Crippen LogP contribution in [0.4, 0.5) is 0 Å². The monoisotopic (exact) mass is 275 g/mol. The zero-order chi connectivity index (χ0) is 8.97. The minimum Gasteiger partial charge on any atom is -0.385 e. The third kappa shape index (κ3) is 2.75. The predicted octanol–water partition coefficient (Wildman–Crippen LogP) is 3.13. The summed E-state index contributed by atoms with van der Waals surface area (Å²) in [6.45, 7) is 3.31. The molecule has 0 atom stereocenters. The number of hydrogen-bond donors (Lipinski definition) is 1. The van der Waals surface area contributed by atoms with E-state index in [2.05, 4.69) is 35.6 Å². The number of rotatable bonds is 3. The highest BCUT2D eigenvalue weighted by Gasteiger charge is 1.97. The van der Waals surface area contributed by atoms with Crippen molar-refractivity contribution >= 4 is 22.6 Å². The molecule has 1 N–H and O–H groups in total. The van der Waals surface area contributed by atoms with Gasteiger partial charge in [-0.15, -0.1) is 0 Å². The van der Waals surface area contributed by atoms with Gasteiger partial charge in [-0.1, -0.05) is 19.4 Å². The largest absolute Gasteiger partial charge is 0.385 e. The molecule has 0 fully saturated rings. The molecule has 0 saturated carbocycles. The van der Waals surface area contributed by atoms with Crippen molar-refractivity contribution in [2.24, 2.45) is 0 Å². The maximum absolute atomic E-state index is 8.83. The highest BCUT2D eigenvalue weighted by Crippen LogP contribution is 2.14. The predicted molar refractivity (Wildman–Crippen MR) is 58.5 cm³/mol. The van der Waals surface area contributed by atoms with Crippen LogP contribution in [0.3, 0.4) is 0 Å². The Bertz CT molecular complexity index is 258. The molecule has 0 bridgehead atoms. The average molecular weight is 275 g/mol. The molecule has 0 heterocycles. The lowest BCUT2D eigenvalue weighted by molar-refractivity contribution is 0.414. The lowest BCUT2D eigenvalue weighted by Crippen LogP contribution is -1.88. The van der Waals surface area contributed by atoms with Crippen LogP contribution in [0.1, 0.15) is 24.5 Å². The van der Waals surface area contributed by atoms with Crippen LogP contribution in [0.5, 0.6) is 0 Å². The van der Waals surface area contributed by atoms with Crippen LogP contribution in [0.2, 0.25) is 0 Å². The van der Waals surface area contributed by atoms with E-state index in [-0.39, 0.29) is 0 Å². The van der Waals surface area contributed by atoms with E-state index in [9.17, 15) is 0 Å². The van der Waals surface area contributed by atoms with Gasteiger partial charge in [0.25, 0.3) is 0 Å². The highest BCUT2D eigenvalue weighted by atomic mass is 127. The van der Waals surface area contributed by atoms with Gasteiger partial charge in [0.05, 0.1) is 0 Å². The van der Waals surface area contributed by atoms with Crippen molar-refractivity contribution in [3.63, 3.8) is 0 Å². The molecule has 65 valence electrons. The fraction of sp³-hybridized carbons (Fsp3) is 0.300. The summed E-state index contributed by atoms with van der Waals surface area (Å²) in [6.07, 6.45) is 2.22. The van der Waals surface area contributed by atoms with E-state index in [0.717, 1.165) is 25.0 Å². The third-order valence-electron chi connectivity index (χ3n) is 1.67. The van der Waals surface area contributed by atoms with Gasteiger partial charge in [-0.3, -0.25) is 0 Å². The summed E-state index contributed by atoms with van der Waals surface area (Å²) in [5, 5.41) is 8.83. The minimum atomic E-state index is 0.894. The number of aliphatic hydroxyl groups is 1. The maximum Gasteiger partial charge on any atom is 0.109 e. The van der Waals surface area contributed by atoms with Gasteiger partial charge in [-0.05, 0) is 52.3 Å². The number of hydrogen-bond acceptors (Lipinski definition) is 1. The van der Waals surface area contributed by atoms with Gasteiger partial charge in [0.1, 0.15) is 6.61 Å². The second-order valence-electron chi connectivity index (χ2n) is 2.77. The molecule has 0 aliphatic rings. The van der Waals surface area contributed by atoms with Crippen LogP contribution in [-0.4, -0.2) is 5.11 Å². The molecule has 0 aliphatic heterocycles. The van der Waals surface area contributed by atoms with Crippen LogP contribution in [0, 0.1) is 10.2 Å². The molecule has 0 saturated heterocycles. The van der Waals surface area contributed by atoms with Crippen molar-refractivity contribution in [1.29, 1.82) is 0 Å². The van der Waals surface area contributed by atoms with Crippen molar-refractivity contribution in [3.05, 3.63) is 39.5 Å². The average Bonchev–Trinajstić information content (AvgIpc) is 2.04. The van der Waals surface area contributed by atoms with Gasteiger partial charge in [-0.2, -0.15) is 0 Å². The Kier molecular flexibility index (Phi) is 4.01. The second kappa shape index (κ2) is 4.82. The van der Waals surface area contributed by atoms with Crippen LogP contribution in [0.15, 0.2) is 18.2 Å². The molecular formula is C10H12IO. The smallest absolute Gasteiger partial charge is 0.109 e. The van der Waals surface area contributed by atoms with Crippen molar-refractivity contribution < 1.29 is 5.11 Å². The fourth-order valence-corrected chi connectivity index (χ4v) is 1.94. The first-order valence-corrected chi connectivity index (χ1v) is 5.11. The summed E-state index contributed by atoms with van der Waals surface area (Å²) >= 11 is 2.26. The first-order chi connectivity index (χ1) is 5.76. The Balaban J connectivity index is 2.90. The maximum atomic E-state index is 8.83. The van der Waals surface area contributed by atoms with Gasteiger partial charge in [0.2, 0.25) is 0 Å². The summed E-state index contributed by atoms with van der Waals surface area (Å²) in [4.78, 5) is 0. The van der Waals surface area contributed by atoms with E-state index in [4.69, 9.17) is 5.11 Å². The number of halogens is 1. The van der Waals surface area contributed by atoms with Gasteiger partial charge in [0, 0.05) is 3.57 Å². The minimum absolute atomic E-state index is 0.894. The SMILES string of the molecule is CCCc1cc(I)cc([CH]O)c1. The Labute approximate surface area is 86.9 Å². The lowest BCUT2D eigenvalue weighted by atomic mass is 10.1. The van der Waals surface area contributed by atoms with E-state index >= 15 is 0 Å². The lowest BCUT2D eigenvalue weighted by Gasteiger charge is -2.02. The molecule has 1 aromatic carbocycles. The molecular weight excluding hydrogens is 263 g/mol. The zero-order valence-corrected chi connectivity index (χ0v) is 9.21. The first-order valence-electron chi connectivity index (χ1n) is 4.03. The Morgan fingerprint density at radius 3 is 2.75 bits per heavy atom. The summed E-state index contributed by atoms with van der Waals surface area (Å²) in [7, 11) is 0. The fourth-order valence-electron chi connectivity index (χ4n) is 1.18. The molecule has 0 aromatic heterocycles. The summed E-state index contributed by atoms with van der Waals surface area (Å²) in [5.41, 5.74) is 2.19. The molecule has 0 amide bonds. The van der Waals surface area contributed by atoms with Gasteiger partial charge >= 0.3 is 0 Å². The standard InChI is InChI=1S/C10H12IO/c1-2-3-8-4-9(7-12)6-10(11)5-8/h4-7,12H,2-3H2,1H3. The van der Waals surface area contributed by atoms with Crippen molar-refractivity contribution in [1.82, 2.24) is 0 Å². The topological polar surface area (TPSA) is 20.2 Å². The number of aryl methyl sites for hydroxylation is 1. The van der Waals surface area contributed by atoms with E-state index in [1.807, 2.05) is 12.1 Å². The molecule has 1 aromatic rings. The van der Waals surface area contributed by atoms with Gasteiger partial charge in [-0.25, -0.2) is 0 Å². The van der Waals surface area contributed by atoms with E-state index in [1.54, 1.807) is 0 Å². The third-order valence-corrected chi connectivity index (χ3v) is 2.29. The molecule has 2 heteroatoms. The summed E-state index contributed by atoms with van der Waals surface area (Å²) in [5.74, 6) is 0. The Morgan fingerprint density at radius 2 is 2.17 bits per heavy atom. The molecule has 1 radical (unpaired) electrons. The van der Waals surface area contributed by atoms with Gasteiger partial charge in [0.15, 0.2) is 0 Å². The van der Waals surface area contributed by atoms with Crippen LogP contribution < -0.4 is 0 Å². The van der Waals surface area contributed by atoms with Crippen LogP contribution in [0.25, 0.3) is 0 Å². The first kappa shape index (κ1) is 9.99. The van der Waals surface area contributed by atoms with Crippen LogP contribution in [-0.2, 0) is 6.42 Å². The summed E-state index contributed by atoms with van der Waals surface area (Å²) < 4.78 is 1.18. The Hall–Kier alpha value is -0.0900. The second-order valence-corrected chi connectivity index (χ2v) is 4.02. The molecule has 1 nitrogen and oxygen atoms in total. The van der Waals surface area contributed by atoms with E-state index in [0.29, 0.717) is 0 Å². The molecule has 1 rings (SSSR count). The molecule has 0 unspecified atom stereocenters. The van der Waals surface area contributed by atoms with Gasteiger partial charge < -0.3 is 5.11 Å². The van der Waals surface area contributed by atoms with Crippen molar-refractivity contribution in [2.75, 3.05) is 0 Å². The molecule has 0 aliphatic carbocycles. The quantitative estimate of drug-likeness (QED) is 0.840.